The Balaban J connectivity index is 2.18. The van der Waals surface area contributed by atoms with Gasteiger partial charge in [-0.15, -0.1) is 0 Å². The lowest BCUT2D eigenvalue weighted by Crippen LogP contribution is -2.36. The van der Waals surface area contributed by atoms with Gasteiger partial charge < -0.3 is 4.90 Å². The van der Waals surface area contributed by atoms with E-state index in [-0.39, 0.29) is 16.8 Å². The molecule has 1 aliphatic carbocycles. The number of pyridine rings is 1. The van der Waals surface area contributed by atoms with Gasteiger partial charge in [0.05, 0.1) is 10.6 Å². The lowest BCUT2D eigenvalue weighted by molar-refractivity contribution is -0.137. The van der Waals surface area contributed by atoms with E-state index in [1.807, 2.05) is 0 Å². The van der Waals surface area contributed by atoms with E-state index in [0.717, 1.165) is 12.3 Å². The summed E-state index contributed by atoms with van der Waals surface area (Å²) in [6.07, 6.45) is -1.33. The number of rotatable bonds is 2. The zero-order chi connectivity index (χ0) is 14.9. The molecule has 0 aliphatic heterocycles. The van der Waals surface area contributed by atoms with Crippen LogP contribution in [0.15, 0.2) is 12.3 Å². The first-order valence-corrected chi connectivity index (χ1v) is 6.64. The summed E-state index contributed by atoms with van der Waals surface area (Å²) >= 11 is 5.91. The third-order valence-corrected chi connectivity index (χ3v) is 3.82. The molecule has 1 aromatic heterocycles. The smallest absolute Gasteiger partial charge is 0.355 e. The minimum Gasteiger partial charge on any atom is -0.355 e. The fourth-order valence-corrected chi connectivity index (χ4v) is 2.63. The molecule has 0 aromatic carbocycles. The normalized spacial score (nSPS) is 17.4. The van der Waals surface area contributed by atoms with Crippen molar-refractivity contribution in [3.05, 3.63) is 22.8 Å². The number of halogens is 4. The fraction of sp³-hybridized carbons (Fsp3) is 0.538. The van der Waals surface area contributed by atoms with Crippen LogP contribution < -0.4 is 4.90 Å². The van der Waals surface area contributed by atoms with Gasteiger partial charge in [0, 0.05) is 32.1 Å². The summed E-state index contributed by atoms with van der Waals surface area (Å²) in [6.45, 7) is 0. The van der Waals surface area contributed by atoms with Crippen molar-refractivity contribution in [2.24, 2.45) is 0 Å². The van der Waals surface area contributed by atoms with E-state index >= 15 is 0 Å². The molecule has 1 heterocycles. The van der Waals surface area contributed by atoms with Crippen molar-refractivity contribution in [3.8, 4) is 0 Å². The molecule has 0 saturated heterocycles. The number of anilines is 1. The van der Waals surface area contributed by atoms with Gasteiger partial charge >= 0.3 is 6.18 Å². The van der Waals surface area contributed by atoms with Crippen molar-refractivity contribution in [2.45, 2.75) is 37.9 Å². The average molecular weight is 307 g/mol. The van der Waals surface area contributed by atoms with Crippen LogP contribution in [0.1, 0.15) is 31.2 Å². The molecular formula is C13H14ClF3N2O. The number of carbonyl (C=O) groups is 1. The Labute approximate surface area is 119 Å². The largest absolute Gasteiger partial charge is 0.417 e. The van der Waals surface area contributed by atoms with E-state index < -0.39 is 11.7 Å². The third-order valence-electron chi connectivity index (χ3n) is 3.54. The minimum atomic E-state index is -4.45. The molecule has 7 heteroatoms. The van der Waals surface area contributed by atoms with E-state index in [1.165, 1.54) is 0 Å². The predicted octanol–water partition coefficient (Wildman–Crippen LogP) is 3.70. The summed E-state index contributed by atoms with van der Waals surface area (Å²) in [5, 5.41) is -0.0285. The molecule has 0 unspecified atom stereocenters. The molecule has 0 amide bonds. The van der Waals surface area contributed by atoms with Crippen LogP contribution in [0, 0.1) is 0 Å². The maximum absolute atomic E-state index is 12.5. The molecule has 0 atom stereocenters. The molecule has 1 aromatic rings. The molecule has 110 valence electrons. The van der Waals surface area contributed by atoms with E-state index in [0.29, 0.717) is 31.5 Å². The fourth-order valence-electron chi connectivity index (χ4n) is 2.33. The highest BCUT2D eigenvalue weighted by atomic mass is 35.5. The molecular weight excluding hydrogens is 293 g/mol. The Morgan fingerprint density at radius 3 is 2.45 bits per heavy atom. The second-order valence-electron chi connectivity index (χ2n) is 4.91. The number of aromatic nitrogens is 1. The zero-order valence-corrected chi connectivity index (χ0v) is 11.6. The highest BCUT2D eigenvalue weighted by Crippen LogP contribution is 2.34. The SMILES string of the molecule is CN(c1ncc(C(F)(F)F)cc1Cl)C1CCC(=O)CC1. The van der Waals surface area contributed by atoms with Crippen molar-refractivity contribution < 1.29 is 18.0 Å². The summed E-state index contributed by atoms with van der Waals surface area (Å²) in [5.41, 5.74) is -0.863. The summed E-state index contributed by atoms with van der Waals surface area (Å²) in [7, 11) is 1.74. The van der Waals surface area contributed by atoms with Crippen molar-refractivity contribution in [3.63, 3.8) is 0 Å². The van der Waals surface area contributed by atoms with Gasteiger partial charge in [0.1, 0.15) is 11.6 Å². The molecule has 0 spiro atoms. The van der Waals surface area contributed by atoms with Crippen molar-refractivity contribution in [1.29, 1.82) is 0 Å². The number of nitrogens with zero attached hydrogens (tertiary/aromatic N) is 2. The lowest BCUT2D eigenvalue weighted by Gasteiger charge is -2.32. The van der Waals surface area contributed by atoms with Crippen LogP contribution >= 0.6 is 11.6 Å². The Kier molecular flexibility index (Phi) is 4.22. The standard InChI is InChI=1S/C13H14ClF3N2O/c1-19(9-2-4-10(20)5-3-9)12-11(14)6-8(7-18-12)13(15,16)17/h6-7,9H,2-5H2,1H3. The van der Waals surface area contributed by atoms with Gasteiger partial charge in [-0.25, -0.2) is 4.98 Å². The zero-order valence-electron chi connectivity index (χ0n) is 10.9. The molecule has 2 rings (SSSR count). The number of ketones is 1. The van der Waals surface area contributed by atoms with E-state index in [4.69, 9.17) is 11.6 Å². The maximum Gasteiger partial charge on any atom is 0.417 e. The van der Waals surface area contributed by atoms with E-state index in [1.54, 1.807) is 11.9 Å². The highest BCUT2D eigenvalue weighted by Gasteiger charge is 2.32. The van der Waals surface area contributed by atoms with Gasteiger partial charge in [0.25, 0.3) is 0 Å². The van der Waals surface area contributed by atoms with Crippen LogP contribution in [0.5, 0.6) is 0 Å². The second-order valence-corrected chi connectivity index (χ2v) is 5.32. The van der Waals surface area contributed by atoms with E-state index in [9.17, 15) is 18.0 Å². The van der Waals surface area contributed by atoms with Crippen LogP contribution in [0.3, 0.4) is 0 Å². The molecule has 0 N–H and O–H groups in total. The van der Waals surface area contributed by atoms with Crippen LogP contribution in [0.25, 0.3) is 0 Å². The quantitative estimate of drug-likeness (QED) is 0.835. The van der Waals surface area contributed by atoms with Crippen LogP contribution in [-0.4, -0.2) is 23.9 Å². The summed E-state index contributed by atoms with van der Waals surface area (Å²) in [4.78, 5) is 16.8. The molecule has 0 bridgehead atoms. The molecule has 1 fully saturated rings. The number of hydrogen-bond acceptors (Lipinski definition) is 3. The number of Topliss-reactive ketones (excluding diaryl/α,β-unsaturated/α-hetero) is 1. The van der Waals surface area contributed by atoms with E-state index in [2.05, 4.69) is 4.98 Å². The molecule has 0 radical (unpaired) electrons. The maximum atomic E-state index is 12.5. The summed E-state index contributed by atoms with van der Waals surface area (Å²) < 4.78 is 37.6. The van der Waals surface area contributed by atoms with Crippen LogP contribution in [-0.2, 0) is 11.0 Å². The van der Waals surface area contributed by atoms with Crippen molar-refractivity contribution >= 4 is 23.2 Å². The molecule has 20 heavy (non-hydrogen) atoms. The summed E-state index contributed by atoms with van der Waals surface area (Å²) in [6, 6.07) is 0.961. The second kappa shape index (κ2) is 5.60. The number of hydrogen-bond donors (Lipinski definition) is 0. The van der Waals surface area contributed by atoms with Gasteiger partial charge in [0.2, 0.25) is 0 Å². The third kappa shape index (κ3) is 3.23. The van der Waals surface area contributed by atoms with Crippen LogP contribution in [0.2, 0.25) is 5.02 Å². The van der Waals surface area contributed by atoms with Crippen LogP contribution in [0.4, 0.5) is 19.0 Å². The Bertz CT molecular complexity index is 509. The van der Waals surface area contributed by atoms with Crippen molar-refractivity contribution in [2.75, 3.05) is 11.9 Å². The first-order valence-electron chi connectivity index (χ1n) is 6.26. The Morgan fingerprint density at radius 1 is 1.35 bits per heavy atom. The molecule has 1 aliphatic rings. The van der Waals surface area contributed by atoms with Gasteiger partial charge in [-0.2, -0.15) is 13.2 Å². The molecule has 1 saturated carbocycles. The predicted molar refractivity (Wildman–Crippen MR) is 69.9 cm³/mol. The van der Waals surface area contributed by atoms with Crippen molar-refractivity contribution in [1.82, 2.24) is 4.98 Å². The first kappa shape index (κ1) is 15.1. The Morgan fingerprint density at radius 2 is 1.95 bits per heavy atom. The average Bonchev–Trinajstić information content (AvgIpc) is 2.37. The first-order chi connectivity index (χ1) is 9.29. The monoisotopic (exact) mass is 306 g/mol. The van der Waals surface area contributed by atoms with Gasteiger partial charge in [-0.05, 0) is 18.9 Å². The van der Waals surface area contributed by atoms with Gasteiger partial charge in [-0.1, -0.05) is 11.6 Å². The number of carbonyl (C=O) groups excluding carboxylic acids is 1. The number of alkyl halides is 3. The van der Waals surface area contributed by atoms with Gasteiger partial charge in [0.15, 0.2) is 0 Å². The van der Waals surface area contributed by atoms with Gasteiger partial charge in [-0.3, -0.25) is 4.79 Å². The minimum absolute atomic E-state index is 0.0285. The topological polar surface area (TPSA) is 33.2 Å². The summed E-state index contributed by atoms with van der Waals surface area (Å²) in [5.74, 6) is 0.542. The lowest BCUT2D eigenvalue weighted by atomic mass is 9.93. The molecule has 3 nitrogen and oxygen atoms in total. The Hall–Kier alpha value is -1.30. The highest BCUT2D eigenvalue weighted by molar-refractivity contribution is 6.33.